The largest absolute Gasteiger partial charge is 0.368 e. The number of nitrogens with zero attached hydrogens (tertiary/aromatic N) is 3. The summed E-state index contributed by atoms with van der Waals surface area (Å²) >= 11 is 1.58. The van der Waals surface area contributed by atoms with Crippen molar-refractivity contribution in [2.24, 2.45) is 5.92 Å². The Labute approximate surface area is 183 Å². The molecule has 2 fully saturated rings. The molecule has 5 rings (SSSR count). The van der Waals surface area contributed by atoms with Crippen molar-refractivity contribution < 1.29 is 9.18 Å². The molecule has 0 spiro atoms. The molecule has 2 atom stereocenters. The fraction of sp³-hybridized carbons (Fsp3) is 0.261. The van der Waals surface area contributed by atoms with Gasteiger partial charge in [-0.3, -0.25) is 20.1 Å². The van der Waals surface area contributed by atoms with Gasteiger partial charge >= 0.3 is 0 Å². The van der Waals surface area contributed by atoms with E-state index in [0.717, 1.165) is 27.3 Å². The second-order valence-electron chi connectivity index (χ2n) is 8.20. The fourth-order valence-corrected chi connectivity index (χ4v) is 5.62. The number of hydrogen-bond acceptors (Lipinski definition) is 5. The number of nitrogens with one attached hydrogen (secondary N) is 2. The number of carbonyl (C=O) groups excluding carboxylic acids is 1. The quantitative estimate of drug-likeness (QED) is 0.660. The van der Waals surface area contributed by atoms with Gasteiger partial charge in [0, 0.05) is 48.7 Å². The molecule has 0 bridgehead atoms. The minimum atomic E-state index is -0.713. The Morgan fingerprint density at radius 3 is 2.74 bits per heavy atom. The van der Waals surface area contributed by atoms with Crippen molar-refractivity contribution in [3.63, 3.8) is 0 Å². The second-order valence-corrected chi connectivity index (χ2v) is 9.11. The third-order valence-electron chi connectivity index (χ3n) is 6.18. The Kier molecular flexibility index (Phi) is 4.55. The maximum atomic E-state index is 13.4. The lowest BCUT2D eigenvalue weighted by atomic mass is 9.82. The molecule has 6 nitrogen and oxygen atoms in total. The number of aromatic nitrogens is 1. The van der Waals surface area contributed by atoms with Gasteiger partial charge in [-0.15, -0.1) is 11.3 Å². The molecular formula is C23H22FN5OS. The van der Waals surface area contributed by atoms with E-state index in [9.17, 15) is 9.18 Å². The van der Waals surface area contributed by atoms with E-state index in [-0.39, 0.29) is 23.6 Å². The number of amides is 1. The summed E-state index contributed by atoms with van der Waals surface area (Å²) in [6.45, 7) is 3.01. The summed E-state index contributed by atoms with van der Waals surface area (Å²) in [5.41, 5.74) is 3.30. The molecule has 2 aliphatic heterocycles. The van der Waals surface area contributed by atoms with Crippen molar-refractivity contribution in [3.8, 4) is 11.1 Å². The van der Waals surface area contributed by atoms with Gasteiger partial charge in [0.2, 0.25) is 5.91 Å². The maximum Gasteiger partial charge on any atom is 0.236 e. The van der Waals surface area contributed by atoms with E-state index in [0.29, 0.717) is 13.1 Å². The minimum Gasteiger partial charge on any atom is -0.368 e. The summed E-state index contributed by atoms with van der Waals surface area (Å²) in [5, 5.41) is 13.8. The first-order valence-electron chi connectivity index (χ1n) is 10.0. The number of hydrogen-bond donors (Lipinski definition) is 2. The van der Waals surface area contributed by atoms with E-state index in [1.807, 2.05) is 19.3 Å². The summed E-state index contributed by atoms with van der Waals surface area (Å²) < 4.78 is 13.4. The van der Waals surface area contributed by atoms with Gasteiger partial charge in [0.1, 0.15) is 11.4 Å². The van der Waals surface area contributed by atoms with Crippen LogP contribution in [0.25, 0.3) is 11.1 Å². The van der Waals surface area contributed by atoms with E-state index < -0.39 is 5.54 Å². The third kappa shape index (κ3) is 3.18. The Morgan fingerprint density at radius 1 is 1.23 bits per heavy atom. The normalized spacial score (nSPS) is 23.1. The molecule has 158 valence electrons. The number of halogens is 1. The predicted octanol–water partition coefficient (Wildman–Crippen LogP) is 3.59. The lowest BCUT2D eigenvalue weighted by molar-refractivity contribution is -0.133. The van der Waals surface area contributed by atoms with Crippen molar-refractivity contribution in [2.45, 2.75) is 12.5 Å². The molecule has 1 amide bonds. The topological polar surface area (TPSA) is 72.3 Å². The molecule has 2 aliphatic rings. The molecule has 1 aromatic carbocycles. The summed E-state index contributed by atoms with van der Waals surface area (Å²) in [5.74, 6) is -0.644. The number of benzene rings is 1. The number of guanidine groups is 1. The molecule has 1 unspecified atom stereocenters. The van der Waals surface area contributed by atoms with Crippen LogP contribution in [-0.4, -0.2) is 41.9 Å². The molecule has 0 radical (unpaired) electrons. The van der Waals surface area contributed by atoms with Crippen LogP contribution in [0, 0.1) is 24.1 Å². The van der Waals surface area contributed by atoms with E-state index >= 15 is 0 Å². The highest BCUT2D eigenvalue weighted by molar-refractivity contribution is 7.10. The van der Waals surface area contributed by atoms with E-state index in [4.69, 9.17) is 5.41 Å². The van der Waals surface area contributed by atoms with E-state index in [1.54, 1.807) is 30.5 Å². The molecular weight excluding hydrogens is 413 g/mol. The van der Waals surface area contributed by atoms with Crippen molar-refractivity contribution in [1.82, 2.24) is 15.2 Å². The summed E-state index contributed by atoms with van der Waals surface area (Å²) in [6, 6.07) is 10.5. The van der Waals surface area contributed by atoms with Crippen LogP contribution in [0.4, 0.5) is 10.1 Å². The average Bonchev–Trinajstić information content (AvgIpc) is 3.39. The SMILES string of the molecule is Cc1cncc(-c2csc([C@]34CN(c5ccc(F)cc5)CC3C(=O)N(C)C(=N)N4)c2)c1. The lowest BCUT2D eigenvalue weighted by Crippen LogP contribution is -2.64. The van der Waals surface area contributed by atoms with Crippen LogP contribution >= 0.6 is 11.3 Å². The van der Waals surface area contributed by atoms with Crippen molar-refractivity contribution in [2.75, 3.05) is 25.0 Å². The highest BCUT2D eigenvalue weighted by Crippen LogP contribution is 2.45. The number of thiophene rings is 1. The van der Waals surface area contributed by atoms with Gasteiger partial charge in [-0.1, -0.05) is 0 Å². The van der Waals surface area contributed by atoms with Crippen LogP contribution < -0.4 is 10.2 Å². The highest BCUT2D eigenvalue weighted by Gasteiger charge is 2.57. The molecule has 2 N–H and O–H groups in total. The lowest BCUT2D eigenvalue weighted by Gasteiger charge is -2.42. The number of rotatable bonds is 3. The molecule has 4 heterocycles. The van der Waals surface area contributed by atoms with Crippen molar-refractivity contribution >= 4 is 28.9 Å². The molecule has 2 aromatic heterocycles. The van der Waals surface area contributed by atoms with Gasteiger partial charge in [-0.25, -0.2) is 4.39 Å². The van der Waals surface area contributed by atoms with Crippen molar-refractivity contribution in [3.05, 3.63) is 70.4 Å². The molecule has 3 aromatic rings. The van der Waals surface area contributed by atoms with Crippen LogP contribution in [0.2, 0.25) is 0 Å². The first-order valence-corrected chi connectivity index (χ1v) is 10.9. The number of anilines is 1. The van der Waals surface area contributed by atoms with Crippen LogP contribution in [0.5, 0.6) is 0 Å². The van der Waals surface area contributed by atoms with Crippen LogP contribution in [0.1, 0.15) is 10.4 Å². The molecule has 31 heavy (non-hydrogen) atoms. The minimum absolute atomic E-state index is 0.0828. The first kappa shape index (κ1) is 19.7. The van der Waals surface area contributed by atoms with Crippen LogP contribution in [0.15, 0.2) is 54.2 Å². The molecule has 0 saturated carbocycles. The van der Waals surface area contributed by atoms with Gasteiger partial charge in [0.25, 0.3) is 0 Å². The predicted molar refractivity (Wildman–Crippen MR) is 120 cm³/mol. The van der Waals surface area contributed by atoms with Gasteiger partial charge in [0.05, 0.1) is 5.92 Å². The smallest absolute Gasteiger partial charge is 0.236 e. The van der Waals surface area contributed by atoms with E-state index in [1.165, 1.54) is 17.0 Å². The first-order chi connectivity index (χ1) is 14.9. The second kappa shape index (κ2) is 7.16. The Bertz CT molecular complexity index is 1180. The zero-order valence-corrected chi connectivity index (χ0v) is 18.0. The van der Waals surface area contributed by atoms with E-state index in [2.05, 4.69) is 32.7 Å². The van der Waals surface area contributed by atoms with Crippen LogP contribution in [0.3, 0.4) is 0 Å². The Morgan fingerprint density at radius 2 is 2.00 bits per heavy atom. The van der Waals surface area contributed by atoms with Crippen LogP contribution in [-0.2, 0) is 10.3 Å². The summed E-state index contributed by atoms with van der Waals surface area (Å²) in [6.07, 6.45) is 3.66. The monoisotopic (exact) mass is 435 g/mol. The van der Waals surface area contributed by atoms with Gasteiger partial charge in [0.15, 0.2) is 5.96 Å². The van der Waals surface area contributed by atoms with Crippen molar-refractivity contribution in [1.29, 1.82) is 5.41 Å². The standard InChI is InChI=1S/C23H22FN5OS/c1-14-7-15(10-26-9-14)16-8-20(31-12-16)23-13-29(18-5-3-17(24)4-6-18)11-19(23)21(30)28(2)22(25)27-23/h3-10,12,19H,11,13H2,1-2H3,(H2,25,27)/t19?,23-/m0/s1. The molecule has 0 aliphatic carbocycles. The van der Waals surface area contributed by atoms with Gasteiger partial charge in [-0.05, 0) is 59.8 Å². The zero-order chi connectivity index (χ0) is 21.8. The summed E-state index contributed by atoms with van der Waals surface area (Å²) in [4.78, 5) is 22.0. The zero-order valence-electron chi connectivity index (χ0n) is 17.2. The number of carbonyl (C=O) groups is 1. The molecule has 8 heteroatoms. The number of fused-ring (bicyclic) bond motifs is 1. The van der Waals surface area contributed by atoms with Gasteiger partial charge in [-0.2, -0.15) is 0 Å². The molecule has 2 saturated heterocycles. The number of aryl methyl sites for hydroxylation is 1. The third-order valence-corrected chi connectivity index (χ3v) is 7.29. The highest BCUT2D eigenvalue weighted by atomic mass is 32.1. The Balaban J connectivity index is 1.57. The Hall–Kier alpha value is -3.26. The average molecular weight is 436 g/mol. The maximum absolute atomic E-state index is 13.4. The summed E-state index contributed by atoms with van der Waals surface area (Å²) in [7, 11) is 1.63. The van der Waals surface area contributed by atoms with Gasteiger partial charge < -0.3 is 10.2 Å². The fourth-order valence-electron chi connectivity index (χ4n) is 4.50. The number of pyridine rings is 1.